The zero-order chi connectivity index (χ0) is 10.7. The number of rotatable bonds is 4. The Morgan fingerprint density at radius 3 is 2.73 bits per heavy atom. The molecule has 0 bridgehead atoms. The van der Waals surface area contributed by atoms with Gasteiger partial charge in [-0.1, -0.05) is 30.3 Å². The van der Waals surface area contributed by atoms with Crippen LogP contribution in [0.5, 0.6) is 0 Å². The van der Waals surface area contributed by atoms with Crippen molar-refractivity contribution in [1.82, 2.24) is 5.32 Å². The highest BCUT2D eigenvalue weighted by Gasteiger charge is 2.36. The first-order valence-electron chi connectivity index (χ1n) is 4.89. The molecular formula is C11H13NO2S. The van der Waals surface area contributed by atoms with Crippen LogP contribution in [0.2, 0.25) is 0 Å². The molecule has 1 aliphatic rings. The second-order valence-electron chi connectivity index (χ2n) is 3.56. The van der Waals surface area contributed by atoms with Crippen molar-refractivity contribution >= 4 is 17.7 Å². The van der Waals surface area contributed by atoms with Gasteiger partial charge in [-0.3, -0.25) is 4.79 Å². The predicted octanol–water partition coefficient (Wildman–Crippen LogP) is 1.34. The molecule has 1 heterocycles. The number of aliphatic carboxylic acids is 1. The van der Waals surface area contributed by atoms with Gasteiger partial charge in [-0.25, -0.2) is 0 Å². The van der Waals surface area contributed by atoms with E-state index in [1.807, 2.05) is 18.2 Å². The summed E-state index contributed by atoms with van der Waals surface area (Å²) >= 11 is 1.71. The predicted molar refractivity (Wildman–Crippen MR) is 61.0 cm³/mol. The maximum absolute atomic E-state index is 10.7. The van der Waals surface area contributed by atoms with Crippen molar-refractivity contribution < 1.29 is 9.90 Å². The Kier molecular flexibility index (Phi) is 3.28. The molecule has 15 heavy (non-hydrogen) atoms. The van der Waals surface area contributed by atoms with E-state index in [1.165, 1.54) is 5.56 Å². The van der Waals surface area contributed by atoms with Gasteiger partial charge in [0.1, 0.15) is 6.04 Å². The first-order valence-corrected chi connectivity index (χ1v) is 5.94. The van der Waals surface area contributed by atoms with E-state index >= 15 is 0 Å². The van der Waals surface area contributed by atoms with Crippen molar-refractivity contribution in [2.24, 2.45) is 0 Å². The number of thioether (sulfide) groups is 1. The minimum Gasteiger partial charge on any atom is -0.480 e. The van der Waals surface area contributed by atoms with Crippen molar-refractivity contribution in [3.63, 3.8) is 0 Å². The first-order chi connectivity index (χ1) is 7.27. The molecule has 1 fully saturated rings. The molecular weight excluding hydrogens is 210 g/mol. The Morgan fingerprint density at radius 2 is 2.20 bits per heavy atom. The number of carboxylic acid groups (broad SMARTS) is 1. The van der Waals surface area contributed by atoms with Crippen LogP contribution in [0, 0.1) is 0 Å². The van der Waals surface area contributed by atoms with E-state index in [0.29, 0.717) is 0 Å². The van der Waals surface area contributed by atoms with Gasteiger partial charge in [-0.2, -0.15) is 11.8 Å². The maximum Gasteiger partial charge on any atom is 0.321 e. The molecule has 0 aliphatic carbocycles. The molecule has 0 radical (unpaired) electrons. The highest BCUT2D eigenvalue weighted by Crippen LogP contribution is 2.24. The van der Waals surface area contributed by atoms with Gasteiger partial charge in [0.05, 0.1) is 0 Å². The number of carbonyl (C=O) groups is 1. The van der Waals surface area contributed by atoms with Crippen molar-refractivity contribution in [3.05, 3.63) is 35.9 Å². The van der Waals surface area contributed by atoms with Gasteiger partial charge >= 0.3 is 5.97 Å². The number of hydrogen-bond donors (Lipinski definition) is 2. The lowest BCUT2D eigenvalue weighted by Crippen LogP contribution is -2.59. The normalized spacial score (nSPS) is 24.5. The van der Waals surface area contributed by atoms with Crippen molar-refractivity contribution in [2.75, 3.05) is 6.54 Å². The summed E-state index contributed by atoms with van der Waals surface area (Å²) in [6.07, 6.45) is 0. The average molecular weight is 223 g/mol. The smallest absolute Gasteiger partial charge is 0.321 e. The number of nitrogens with one attached hydrogen (secondary N) is 1. The maximum atomic E-state index is 10.7. The standard InChI is InChI=1S/C11H13NO2S/c13-11(14)10-9(6-12-10)15-7-8-4-2-1-3-5-8/h1-5,9-10,12H,6-7H2,(H,13,14). The summed E-state index contributed by atoms with van der Waals surface area (Å²) in [6.45, 7) is 0.800. The van der Waals surface area contributed by atoms with Crippen LogP contribution in [0.25, 0.3) is 0 Å². The Morgan fingerprint density at radius 1 is 1.47 bits per heavy atom. The van der Waals surface area contributed by atoms with Crippen molar-refractivity contribution in [3.8, 4) is 0 Å². The molecule has 1 aliphatic heterocycles. The molecule has 80 valence electrons. The Labute approximate surface area is 92.9 Å². The van der Waals surface area contributed by atoms with Gasteiger partial charge < -0.3 is 10.4 Å². The van der Waals surface area contributed by atoms with E-state index in [0.717, 1.165) is 12.3 Å². The Hall–Kier alpha value is -1.00. The summed E-state index contributed by atoms with van der Waals surface area (Å²) in [4.78, 5) is 10.7. The molecule has 0 aromatic heterocycles. The van der Waals surface area contributed by atoms with E-state index in [9.17, 15) is 4.79 Å². The second kappa shape index (κ2) is 4.68. The van der Waals surface area contributed by atoms with Crippen LogP contribution in [0.15, 0.2) is 30.3 Å². The summed E-state index contributed by atoms with van der Waals surface area (Å²) in [5.74, 6) is 0.142. The molecule has 0 amide bonds. The van der Waals surface area contributed by atoms with Crippen LogP contribution < -0.4 is 5.32 Å². The molecule has 2 rings (SSSR count). The minimum atomic E-state index is -0.744. The molecule has 2 atom stereocenters. The quantitative estimate of drug-likeness (QED) is 0.809. The molecule has 0 saturated carbocycles. The van der Waals surface area contributed by atoms with Crippen LogP contribution in [-0.2, 0) is 10.5 Å². The highest BCUT2D eigenvalue weighted by molar-refractivity contribution is 7.99. The summed E-state index contributed by atoms with van der Waals surface area (Å²) in [5, 5.41) is 11.9. The second-order valence-corrected chi connectivity index (χ2v) is 4.79. The zero-order valence-corrected chi connectivity index (χ0v) is 9.04. The molecule has 1 aromatic rings. The first kappa shape index (κ1) is 10.5. The molecule has 3 nitrogen and oxygen atoms in total. The number of carboxylic acids is 1. The molecule has 0 spiro atoms. The number of hydrogen-bond acceptors (Lipinski definition) is 3. The van der Waals surface area contributed by atoms with E-state index in [1.54, 1.807) is 11.8 Å². The lowest BCUT2D eigenvalue weighted by Gasteiger charge is -2.34. The third-order valence-electron chi connectivity index (χ3n) is 2.48. The molecule has 2 unspecified atom stereocenters. The third kappa shape index (κ3) is 2.52. The molecule has 4 heteroatoms. The van der Waals surface area contributed by atoms with Crippen LogP contribution in [0.3, 0.4) is 0 Å². The van der Waals surface area contributed by atoms with Gasteiger partial charge in [0, 0.05) is 17.5 Å². The van der Waals surface area contributed by atoms with Crippen LogP contribution >= 0.6 is 11.8 Å². The van der Waals surface area contributed by atoms with E-state index in [4.69, 9.17) is 5.11 Å². The van der Waals surface area contributed by atoms with E-state index in [2.05, 4.69) is 17.4 Å². The topological polar surface area (TPSA) is 49.3 Å². The molecule has 2 N–H and O–H groups in total. The van der Waals surface area contributed by atoms with E-state index < -0.39 is 5.97 Å². The monoisotopic (exact) mass is 223 g/mol. The van der Waals surface area contributed by atoms with Crippen molar-refractivity contribution in [2.45, 2.75) is 17.0 Å². The fraction of sp³-hybridized carbons (Fsp3) is 0.364. The molecule has 1 saturated heterocycles. The van der Waals surface area contributed by atoms with Crippen LogP contribution in [0.4, 0.5) is 0 Å². The van der Waals surface area contributed by atoms with Crippen LogP contribution in [0.1, 0.15) is 5.56 Å². The van der Waals surface area contributed by atoms with Crippen molar-refractivity contribution in [1.29, 1.82) is 0 Å². The Balaban J connectivity index is 1.82. The summed E-state index contributed by atoms with van der Waals surface area (Å²) < 4.78 is 0. The zero-order valence-electron chi connectivity index (χ0n) is 8.22. The lowest BCUT2D eigenvalue weighted by atomic mass is 10.1. The minimum absolute atomic E-state index is 0.211. The third-order valence-corrected chi connectivity index (χ3v) is 3.85. The van der Waals surface area contributed by atoms with Gasteiger partial charge in [0.2, 0.25) is 0 Å². The fourth-order valence-electron chi connectivity index (χ4n) is 1.51. The van der Waals surface area contributed by atoms with Gasteiger partial charge in [-0.05, 0) is 5.56 Å². The van der Waals surface area contributed by atoms with Gasteiger partial charge in [0.15, 0.2) is 0 Å². The largest absolute Gasteiger partial charge is 0.480 e. The summed E-state index contributed by atoms with van der Waals surface area (Å²) in [7, 11) is 0. The summed E-state index contributed by atoms with van der Waals surface area (Å²) in [6, 6.07) is 9.76. The van der Waals surface area contributed by atoms with E-state index in [-0.39, 0.29) is 11.3 Å². The Bertz CT molecular complexity index is 342. The van der Waals surface area contributed by atoms with Crippen LogP contribution in [-0.4, -0.2) is 28.9 Å². The molecule has 1 aromatic carbocycles. The van der Waals surface area contributed by atoms with Gasteiger partial charge in [0.25, 0.3) is 0 Å². The lowest BCUT2D eigenvalue weighted by molar-refractivity contribution is -0.140. The number of benzene rings is 1. The van der Waals surface area contributed by atoms with Gasteiger partial charge in [-0.15, -0.1) is 0 Å². The summed E-state index contributed by atoms with van der Waals surface area (Å²) in [5.41, 5.74) is 1.25. The average Bonchev–Trinajstić information content (AvgIpc) is 2.17. The highest BCUT2D eigenvalue weighted by atomic mass is 32.2. The SMILES string of the molecule is O=C(O)C1NCC1SCc1ccccc1. The fourth-order valence-corrected chi connectivity index (χ4v) is 2.73.